The van der Waals surface area contributed by atoms with E-state index < -0.39 is 52.9 Å². The number of esters is 1. The number of fused-ring (bicyclic) bond motifs is 13. The number of anilines is 1. The van der Waals surface area contributed by atoms with Gasteiger partial charge >= 0.3 is 5.97 Å². The van der Waals surface area contributed by atoms with Gasteiger partial charge in [0.15, 0.2) is 11.4 Å². The Labute approximate surface area is 365 Å². The maximum Gasteiger partial charge on any atom is 0.316 e. The summed E-state index contributed by atoms with van der Waals surface area (Å²) < 4.78 is 12.5. The number of allylic oxidation sites excluding steroid dienone is 4. The second-order valence-corrected chi connectivity index (χ2v) is 19.1. The molecule has 7 rings (SSSR count). The van der Waals surface area contributed by atoms with E-state index in [9.17, 15) is 34.5 Å². The zero-order valence-corrected chi connectivity index (χ0v) is 38.1. The van der Waals surface area contributed by atoms with Crippen LogP contribution in [0.3, 0.4) is 0 Å². The number of aromatic hydroxyl groups is 2. The molecule has 62 heavy (non-hydrogen) atoms. The van der Waals surface area contributed by atoms with Crippen molar-refractivity contribution in [2.24, 2.45) is 45.5 Å². The highest BCUT2D eigenvalue weighted by Gasteiger charge is 2.48. The number of likely N-dealkylation sites (tertiary alicyclic amines) is 1. The summed E-state index contributed by atoms with van der Waals surface area (Å²) in [5.74, 6) is -3.52. The van der Waals surface area contributed by atoms with Crippen LogP contribution in [-0.2, 0) is 19.1 Å². The number of carbonyl (C=O) groups is 4. The number of piperidine rings is 1. The summed E-state index contributed by atoms with van der Waals surface area (Å²) in [4.78, 5) is 65.7. The molecular weight excluding hydrogens is 789 g/mol. The van der Waals surface area contributed by atoms with E-state index in [1.165, 1.54) is 0 Å². The Bertz CT molecular complexity index is 2320. The van der Waals surface area contributed by atoms with Gasteiger partial charge in [-0.2, -0.15) is 0 Å². The van der Waals surface area contributed by atoms with Crippen molar-refractivity contribution in [3.63, 3.8) is 0 Å². The van der Waals surface area contributed by atoms with Crippen molar-refractivity contribution in [1.29, 1.82) is 0 Å². The fraction of sp³-hybridized carbons (Fsp3) is 0.592. The zero-order valence-electron chi connectivity index (χ0n) is 38.1. The fourth-order valence-corrected chi connectivity index (χ4v) is 9.67. The van der Waals surface area contributed by atoms with Gasteiger partial charge < -0.3 is 39.8 Å². The first-order valence-electron chi connectivity index (χ1n) is 22.4. The molecule has 8 atom stereocenters. The standard InChI is InChI=1S/C49H66N4O9/c1-11-33(25-54)47(60)61-43-28(5)16-12-13-18-48(10)45(58)36-34-35(41(56)32(9)44(36)62-48)42(57)39(38-37(34)51-49(52-38)19-21-53(22-20-49)24-26(2)3)50-46(59)29(6)17-14-15-27(4)23-30(7)40(55)31(43)8/h12-15,17,25-28,30-31,33,40,43,51,55-57H,11,16,18-24H2,1-10H3/b13-12+,15-14+,29-17-,50-39?/t27-,28+,30+,31+,33?,40+,43+,48+/m0/s1. The third-order valence-corrected chi connectivity index (χ3v) is 13.5. The zero-order chi connectivity index (χ0) is 45.4. The number of amides is 1. The van der Waals surface area contributed by atoms with Crippen molar-refractivity contribution in [3.8, 4) is 17.2 Å². The third kappa shape index (κ3) is 8.98. The number of hydrogen-bond acceptors (Lipinski definition) is 12. The molecule has 13 heteroatoms. The number of hydrogen-bond donors (Lipinski definition) is 4. The Morgan fingerprint density at radius 3 is 2.39 bits per heavy atom. The van der Waals surface area contributed by atoms with E-state index in [2.05, 4.69) is 29.1 Å². The number of Topliss-reactive ketones (excluding diaryl/α,β-unsaturated/α-hetero) is 1. The summed E-state index contributed by atoms with van der Waals surface area (Å²) in [7, 11) is 0. The minimum Gasteiger partial charge on any atom is -0.507 e. The molecule has 13 nitrogen and oxygen atoms in total. The second-order valence-electron chi connectivity index (χ2n) is 19.1. The number of phenols is 2. The maximum absolute atomic E-state index is 14.8. The minimum atomic E-state index is -1.40. The topological polar surface area (TPSA) is 187 Å². The number of aldehydes is 1. The van der Waals surface area contributed by atoms with Crippen LogP contribution in [0.2, 0.25) is 0 Å². The Balaban J connectivity index is 1.49. The number of aliphatic hydroxyl groups is 1. The van der Waals surface area contributed by atoms with Gasteiger partial charge in [-0.3, -0.25) is 19.4 Å². The smallest absolute Gasteiger partial charge is 0.316 e. The van der Waals surface area contributed by atoms with Crippen molar-refractivity contribution in [2.45, 2.75) is 131 Å². The van der Waals surface area contributed by atoms with Crippen LogP contribution in [0.1, 0.15) is 117 Å². The van der Waals surface area contributed by atoms with Crippen LogP contribution in [0.15, 0.2) is 45.9 Å². The molecule has 2 aromatic carbocycles. The van der Waals surface area contributed by atoms with E-state index in [1.54, 1.807) is 39.8 Å². The van der Waals surface area contributed by atoms with E-state index in [1.807, 2.05) is 45.9 Å². The molecule has 5 bridgehead atoms. The summed E-state index contributed by atoms with van der Waals surface area (Å²) in [6.45, 7) is 21.3. The first kappa shape index (κ1) is 46.6. The lowest BCUT2D eigenvalue weighted by Crippen LogP contribution is -2.47. The number of benzene rings is 2. The van der Waals surface area contributed by atoms with E-state index in [4.69, 9.17) is 14.5 Å². The summed E-state index contributed by atoms with van der Waals surface area (Å²) in [5, 5.41) is 39.7. The SMILES string of the molecule is CCC(C=O)C(=O)O[C@H]1[C@H](C)[C@H](O)[C@H](C)C[C@@H](C)/C=C/C=C(/C)C(=O)N=c2c(O)c3c(O)c(C)c4c(c3c3c2=NC2(CCN(CC(C)C)CC2)N3)C(=O)[C@@](C)(C/C=C/C[C@H]1C)O4. The molecule has 1 amide bonds. The van der Waals surface area contributed by atoms with Gasteiger partial charge in [0.2, 0.25) is 5.78 Å². The Kier molecular flexibility index (Phi) is 13.9. The highest BCUT2D eigenvalue weighted by molar-refractivity contribution is 6.22. The number of phenolic OH excluding ortho intramolecular Hbond substituents is 2. The first-order valence-corrected chi connectivity index (χ1v) is 22.4. The van der Waals surface area contributed by atoms with Crippen LogP contribution in [0.5, 0.6) is 17.2 Å². The van der Waals surface area contributed by atoms with E-state index in [-0.39, 0.29) is 74.1 Å². The number of carbonyl (C=O) groups excluding carboxylic acids is 4. The number of ketones is 1. The number of nitrogens with zero attached hydrogens (tertiary/aromatic N) is 3. The van der Waals surface area contributed by atoms with Gasteiger partial charge in [-0.05, 0) is 63.7 Å². The summed E-state index contributed by atoms with van der Waals surface area (Å²) in [6, 6.07) is 0. The molecule has 0 radical (unpaired) electrons. The van der Waals surface area contributed by atoms with Gasteiger partial charge in [-0.15, -0.1) is 0 Å². The Morgan fingerprint density at radius 2 is 1.74 bits per heavy atom. The lowest BCUT2D eigenvalue weighted by Gasteiger charge is -2.38. The molecule has 4 N–H and O–H groups in total. The van der Waals surface area contributed by atoms with Crippen molar-refractivity contribution in [3.05, 3.63) is 57.8 Å². The van der Waals surface area contributed by atoms with Crippen LogP contribution in [0, 0.1) is 42.4 Å². The molecule has 0 saturated carbocycles. The summed E-state index contributed by atoms with van der Waals surface area (Å²) >= 11 is 0. The number of ether oxygens (including phenoxy) is 2. The fourth-order valence-electron chi connectivity index (χ4n) is 9.67. The van der Waals surface area contributed by atoms with Crippen molar-refractivity contribution < 1.29 is 44.0 Å². The van der Waals surface area contributed by atoms with Gasteiger partial charge in [0.1, 0.15) is 46.2 Å². The third-order valence-electron chi connectivity index (χ3n) is 13.5. The van der Waals surface area contributed by atoms with Gasteiger partial charge in [0.25, 0.3) is 5.91 Å². The normalized spacial score (nSPS) is 30.5. The van der Waals surface area contributed by atoms with Gasteiger partial charge in [-0.25, -0.2) is 4.99 Å². The molecule has 5 aliphatic heterocycles. The molecule has 0 aliphatic carbocycles. The average molecular weight is 855 g/mol. The Hall–Kier alpha value is -4.88. The molecule has 336 valence electrons. The molecule has 1 spiro atoms. The van der Waals surface area contributed by atoms with E-state index in [0.717, 1.165) is 19.6 Å². The summed E-state index contributed by atoms with van der Waals surface area (Å²) in [5.41, 5.74) is -1.02. The molecule has 5 aliphatic rings. The van der Waals surface area contributed by atoms with Crippen LogP contribution < -0.4 is 20.8 Å². The van der Waals surface area contributed by atoms with Gasteiger partial charge in [0, 0.05) is 61.3 Å². The van der Waals surface area contributed by atoms with Crippen molar-refractivity contribution >= 4 is 40.4 Å². The largest absolute Gasteiger partial charge is 0.507 e. The Morgan fingerprint density at radius 1 is 1.05 bits per heavy atom. The quantitative estimate of drug-likeness (QED) is 0.0786. The lowest BCUT2D eigenvalue weighted by atomic mass is 9.80. The van der Waals surface area contributed by atoms with E-state index in [0.29, 0.717) is 55.6 Å². The molecular formula is C49H66N4O9. The molecule has 2 aromatic rings. The average Bonchev–Trinajstić information content (AvgIpc) is 3.72. The number of aliphatic hydroxyl groups excluding tert-OH is 1. The monoisotopic (exact) mass is 854 g/mol. The predicted octanol–water partition coefficient (Wildman–Crippen LogP) is 6.82. The molecule has 5 heterocycles. The second kappa shape index (κ2) is 18.5. The van der Waals surface area contributed by atoms with Crippen LogP contribution in [0.25, 0.3) is 10.8 Å². The van der Waals surface area contributed by atoms with Crippen LogP contribution in [-0.4, -0.2) is 87.3 Å². The minimum absolute atomic E-state index is 0.00535. The molecule has 1 unspecified atom stereocenters. The number of rotatable bonds is 6. The molecule has 1 saturated heterocycles. The predicted molar refractivity (Wildman–Crippen MR) is 238 cm³/mol. The van der Waals surface area contributed by atoms with Crippen LogP contribution >= 0.6 is 0 Å². The molecule has 0 aromatic heterocycles. The maximum atomic E-state index is 14.8. The van der Waals surface area contributed by atoms with Gasteiger partial charge in [0.05, 0.1) is 22.7 Å². The molecule has 1 fully saturated rings. The van der Waals surface area contributed by atoms with Gasteiger partial charge in [-0.1, -0.05) is 78.8 Å². The van der Waals surface area contributed by atoms with E-state index >= 15 is 0 Å². The summed E-state index contributed by atoms with van der Waals surface area (Å²) in [6.07, 6.45) is 10.9. The lowest BCUT2D eigenvalue weighted by molar-refractivity contribution is -0.164. The highest BCUT2D eigenvalue weighted by Crippen LogP contribution is 2.51. The van der Waals surface area contributed by atoms with Crippen molar-refractivity contribution in [1.82, 2.24) is 4.90 Å². The highest BCUT2D eigenvalue weighted by atomic mass is 16.5. The number of nitrogens with one attached hydrogen (secondary N) is 1. The first-order chi connectivity index (χ1) is 29.3. The van der Waals surface area contributed by atoms with Crippen LogP contribution in [0.4, 0.5) is 5.69 Å². The van der Waals surface area contributed by atoms with Crippen molar-refractivity contribution in [2.75, 3.05) is 25.0 Å².